The molecule has 1 aliphatic heterocycles. The molecule has 1 heterocycles. The van der Waals surface area contributed by atoms with Gasteiger partial charge in [-0.3, -0.25) is 14.5 Å². The Balaban J connectivity index is 0.00000423. The molecule has 242 valence electrons. The highest BCUT2D eigenvalue weighted by Crippen LogP contribution is 2.82. The fourth-order valence-electron chi connectivity index (χ4n) is 9.73. The fourth-order valence-corrected chi connectivity index (χ4v) is 9.73. The summed E-state index contributed by atoms with van der Waals surface area (Å²) in [6.07, 6.45) is 8.19. The summed E-state index contributed by atoms with van der Waals surface area (Å²) in [6.45, 7) is 19.7. The molecule has 0 spiro atoms. The predicted octanol–water partition coefficient (Wildman–Crippen LogP) is 5.59. The number of rotatable bonds is 10. The number of nitrogens with zero attached hydrogens (tertiary/aromatic N) is 1. The van der Waals surface area contributed by atoms with E-state index in [9.17, 15) is 14.4 Å². The van der Waals surface area contributed by atoms with Gasteiger partial charge in [-0.05, 0) is 76.5 Å². The molecule has 0 aromatic rings. The Hall–Kier alpha value is -1.74. The molecule has 0 unspecified atom stereocenters. The Morgan fingerprint density at radius 2 is 1.88 bits per heavy atom. The third kappa shape index (κ3) is 5.12. The second-order valence-electron chi connectivity index (χ2n) is 15.1. The molecule has 4 fully saturated rings. The van der Waals surface area contributed by atoms with Crippen molar-refractivity contribution in [1.29, 1.82) is 0 Å². The first-order valence-electron chi connectivity index (χ1n) is 15.9. The lowest BCUT2D eigenvalue weighted by atomic mass is 9.43. The summed E-state index contributed by atoms with van der Waals surface area (Å²) in [5, 5.41) is 0. The maximum Gasteiger partial charge on any atom is 0.320 e. The second kappa shape index (κ2) is 12.2. The van der Waals surface area contributed by atoms with Gasteiger partial charge in [-0.2, -0.15) is 0 Å². The number of hydrogen-bond acceptors (Lipinski definition) is 8. The molecule has 9 heteroatoms. The van der Waals surface area contributed by atoms with Crippen molar-refractivity contribution in [2.45, 2.75) is 86.5 Å². The second-order valence-corrected chi connectivity index (χ2v) is 15.1. The Kier molecular flexibility index (Phi) is 9.70. The maximum absolute atomic E-state index is 14.7. The SMILES string of the molecule is C=CCN1C[C@H](OC[C@@]23C[C@@H]4[C@H](C)CC[C@H]4[C@@]4(C=O)C[C@@H]2C=C(C(C)C)[C@]34C(=O)OCOC(=O)C(C)(C)C)O[C@H](C)C1.Cl. The highest BCUT2D eigenvalue weighted by molar-refractivity contribution is 5.91. The Labute approximate surface area is 263 Å². The topological polar surface area (TPSA) is 91.4 Å². The van der Waals surface area contributed by atoms with Crippen LogP contribution in [0, 0.1) is 51.2 Å². The van der Waals surface area contributed by atoms with Gasteiger partial charge < -0.3 is 23.7 Å². The number of morpholine rings is 1. The number of hydrogen-bond donors (Lipinski definition) is 0. The van der Waals surface area contributed by atoms with E-state index in [1.807, 2.05) is 13.0 Å². The number of allylic oxidation sites excluding steroid dienone is 1. The molecule has 0 aromatic heterocycles. The summed E-state index contributed by atoms with van der Waals surface area (Å²) in [4.78, 5) is 43.1. The van der Waals surface area contributed by atoms with Crippen LogP contribution in [0.5, 0.6) is 0 Å². The van der Waals surface area contributed by atoms with Gasteiger partial charge in [0.2, 0.25) is 6.79 Å². The van der Waals surface area contributed by atoms with E-state index in [2.05, 4.69) is 38.3 Å². The average molecular weight is 622 g/mol. The maximum atomic E-state index is 14.7. The van der Waals surface area contributed by atoms with Gasteiger partial charge >= 0.3 is 11.9 Å². The fraction of sp³-hybridized carbons (Fsp3) is 0.794. The lowest BCUT2D eigenvalue weighted by Crippen LogP contribution is -2.64. The van der Waals surface area contributed by atoms with E-state index in [1.165, 1.54) is 0 Å². The van der Waals surface area contributed by atoms with Crippen molar-refractivity contribution in [2.24, 2.45) is 51.2 Å². The van der Waals surface area contributed by atoms with Gasteiger partial charge in [0.25, 0.3) is 0 Å². The van der Waals surface area contributed by atoms with Crippen LogP contribution in [0.1, 0.15) is 74.1 Å². The first-order valence-corrected chi connectivity index (χ1v) is 15.9. The lowest BCUT2D eigenvalue weighted by Gasteiger charge is -2.59. The van der Waals surface area contributed by atoms with E-state index >= 15 is 0 Å². The van der Waals surface area contributed by atoms with Crippen molar-refractivity contribution in [3.8, 4) is 0 Å². The molecule has 5 rings (SSSR count). The van der Waals surface area contributed by atoms with Gasteiger partial charge in [-0.1, -0.05) is 44.9 Å². The number of halogens is 1. The van der Waals surface area contributed by atoms with Crippen molar-refractivity contribution in [1.82, 2.24) is 4.90 Å². The molecular formula is C34H52ClNO7. The molecule has 0 amide bonds. The lowest BCUT2D eigenvalue weighted by molar-refractivity contribution is -0.238. The average Bonchev–Trinajstić information content (AvgIpc) is 3.48. The Morgan fingerprint density at radius 1 is 1.16 bits per heavy atom. The zero-order valence-electron chi connectivity index (χ0n) is 27.1. The Bertz CT molecular complexity index is 1130. The molecule has 5 aliphatic rings. The molecule has 4 bridgehead atoms. The van der Waals surface area contributed by atoms with Crippen molar-refractivity contribution < 1.29 is 33.3 Å². The van der Waals surface area contributed by atoms with Gasteiger partial charge in [0.05, 0.1) is 23.5 Å². The summed E-state index contributed by atoms with van der Waals surface area (Å²) >= 11 is 0. The van der Waals surface area contributed by atoms with Crippen LogP contribution in [-0.2, 0) is 33.3 Å². The van der Waals surface area contributed by atoms with Crippen molar-refractivity contribution in [3.63, 3.8) is 0 Å². The quantitative estimate of drug-likeness (QED) is 0.135. The third-order valence-electron chi connectivity index (χ3n) is 11.3. The standard InChI is InChI=1S/C34H51NO7.ClH/c1-9-12-35-16-23(5)42-28(17-35)39-19-33-15-25-22(4)10-11-26(25)32(18-36)14-24(33)13-27(21(2)3)34(32,33)30(38)41-20-40-29(37)31(6,7)8;/h9,13,18,21-26,28H,1,10-12,14-17,19-20H2,2-8H3;1H/t22-,23-,24+,25-,26-,28-,32+,33+,34-;/m1./s1. The molecule has 3 saturated carbocycles. The van der Waals surface area contributed by atoms with E-state index in [-0.39, 0.29) is 36.3 Å². The zero-order valence-corrected chi connectivity index (χ0v) is 27.9. The predicted molar refractivity (Wildman–Crippen MR) is 165 cm³/mol. The Morgan fingerprint density at radius 3 is 2.51 bits per heavy atom. The molecule has 4 aliphatic carbocycles. The van der Waals surface area contributed by atoms with Gasteiger partial charge in [0.15, 0.2) is 6.29 Å². The van der Waals surface area contributed by atoms with Crippen LogP contribution in [-0.4, -0.2) is 68.6 Å². The van der Waals surface area contributed by atoms with Crippen LogP contribution in [0.25, 0.3) is 0 Å². The van der Waals surface area contributed by atoms with Gasteiger partial charge in [0.1, 0.15) is 11.7 Å². The monoisotopic (exact) mass is 621 g/mol. The molecule has 0 aromatic carbocycles. The largest absolute Gasteiger partial charge is 0.427 e. The van der Waals surface area contributed by atoms with Crippen LogP contribution in [0.15, 0.2) is 24.3 Å². The van der Waals surface area contributed by atoms with E-state index < -0.39 is 46.7 Å². The highest BCUT2D eigenvalue weighted by atomic mass is 35.5. The van der Waals surface area contributed by atoms with Crippen LogP contribution >= 0.6 is 12.4 Å². The van der Waals surface area contributed by atoms with Crippen molar-refractivity contribution in [2.75, 3.05) is 33.0 Å². The number of fused-ring (bicyclic) bond motifs is 2. The van der Waals surface area contributed by atoms with Gasteiger partial charge in [0, 0.05) is 25.0 Å². The van der Waals surface area contributed by atoms with Crippen LogP contribution < -0.4 is 0 Å². The first kappa shape index (κ1) is 34.1. The van der Waals surface area contributed by atoms with Crippen LogP contribution in [0.4, 0.5) is 0 Å². The van der Waals surface area contributed by atoms with E-state index in [0.717, 1.165) is 44.2 Å². The number of ether oxygens (including phenoxy) is 4. The summed E-state index contributed by atoms with van der Waals surface area (Å²) in [5.41, 5.74) is -2.46. The zero-order chi connectivity index (χ0) is 30.7. The number of esters is 2. The highest BCUT2D eigenvalue weighted by Gasteiger charge is 2.84. The normalized spacial score (nSPS) is 40.0. The van der Waals surface area contributed by atoms with Crippen LogP contribution in [0.2, 0.25) is 0 Å². The van der Waals surface area contributed by atoms with Crippen molar-refractivity contribution in [3.05, 3.63) is 24.3 Å². The third-order valence-corrected chi connectivity index (χ3v) is 11.3. The number of aldehydes is 1. The smallest absolute Gasteiger partial charge is 0.320 e. The van der Waals surface area contributed by atoms with Crippen molar-refractivity contribution >= 4 is 30.6 Å². The summed E-state index contributed by atoms with van der Waals surface area (Å²) in [5.74, 6) is 0.0313. The molecule has 43 heavy (non-hydrogen) atoms. The minimum absolute atomic E-state index is 0. The summed E-state index contributed by atoms with van der Waals surface area (Å²) in [7, 11) is 0. The molecule has 9 atom stereocenters. The molecule has 8 nitrogen and oxygen atoms in total. The van der Waals surface area contributed by atoms with Crippen LogP contribution in [0.3, 0.4) is 0 Å². The van der Waals surface area contributed by atoms with Gasteiger partial charge in [-0.15, -0.1) is 19.0 Å². The van der Waals surface area contributed by atoms with E-state index in [0.29, 0.717) is 31.4 Å². The number of carbonyl (C=O) groups excluding carboxylic acids is 3. The van der Waals surface area contributed by atoms with E-state index in [4.69, 9.17) is 18.9 Å². The van der Waals surface area contributed by atoms with Gasteiger partial charge in [-0.25, -0.2) is 0 Å². The number of carbonyl (C=O) groups is 3. The minimum Gasteiger partial charge on any atom is -0.427 e. The molecule has 1 saturated heterocycles. The first-order chi connectivity index (χ1) is 19.8. The molecule has 0 radical (unpaired) electrons. The minimum atomic E-state index is -1.18. The molecule has 0 N–H and O–H groups in total. The molecular weight excluding hydrogens is 570 g/mol. The van der Waals surface area contributed by atoms with E-state index in [1.54, 1.807) is 20.8 Å². The summed E-state index contributed by atoms with van der Waals surface area (Å²) in [6, 6.07) is 0. The summed E-state index contributed by atoms with van der Waals surface area (Å²) < 4.78 is 24.3.